The Balaban J connectivity index is 2.12. The summed E-state index contributed by atoms with van der Waals surface area (Å²) in [6, 6.07) is 6.03. The van der Waals surface area contributed by atoms with E-state index in [9.17, 15) is 19.2 Å². The number of halogens is 1. The lowest BCUT2D eigenvalue weighted by Gasteiger charge is -2.43. The SMILES string of the molecule is CC(=O)N[C@@H](C)C(=O)OCOC(=O)N(C)[C@]1(c2ccccc2Cl)CCCCC1=O. The fraction of sp³-hybridized carbons (Fsp3) is 0.500. The van der Waals surface area contributed by atoms with Crippen molar-refractivity contribution >= 4 is 35.4 Å². The molecule has 2 amide bonds. The summed E-state index contributed by atoms with van der Waals surface area (Å²) in [4.78, 5) is 49.6. The molecule has 0 bridgehead atoms. The third-order valence-corrected chi connectivity index (χ3v) is 5.31. The number of ketones is 1. The molecule has 9 heteroatoms. The monoisotopic (exact) mass is 424 g/mol. The number of likely N-dealkylation sites (N-methyl/N-ethyl adjacent to an activating group) is 1. The van der Waals surface area contributed by atoms with Gasteiger partial charge in [0.05, 0.1) is 0 Å². The van der Waals surface area contributed by atoms with E-state index in [1.165, 1.54) is 25.8 Å². The van der Waals surface area contributed by atoms with Gasteiger partial charge in [-0.25, -0.2) is 9.59 Å². The van der Waals surface area contributed by atoms with E-state index >= 15 is 0 Å². The maximum atomic E-state index is 13.0. The molecule has 1 aliphatic carbocycles. The summed E-state index contributed by atoms with van der Waals surface area (Å²) in [5.41, 5.74) is -0.691. The van der Waals surface area contributed by atoms with Crippen LogP contribution >= 0.6 is 11.6 Å². The van der Waals surface area contributed by atoms with Crippen LogP contribution in [0.15, 0.2) is 24.3 Å². The van der Waals surface area contributed by atoms with Crippen molar-refractivity contribution in [3.05, 3.63) is 34.9 Å². The third kappa shape index (κ3) is 5.06. The van der Waals surface area contributed by atoms with Crippen LogP contribution in [0, 0.1) is 0 Å². The average molecular weight is 425 g/mol. The number of rotatable bonds is 6. The van der Waals surface area contributed by atoms with Crippen LogP contribution < -0.4 is 5.32 Å². The standard InChI is InChI=1S/C20H25ClN2O6/c1-13(22-14(2)24)18(26)28-12-29-19(27)23(3)20(11-7-6-10-17(20)25)15-8-4-5-9-16(15)21/h4-5,8-9,13H,6-7,10-12H2,1-3H3,(H,22,24)/t13-,20-/m0/s1. The normalized spacial score (nSPS) is 19.8. The fourth-order valence-electron chi connectivity index (χ4n) is 3.51. The van der Waals surface area contributed by atoms with E-state index < -0.39 is 30.4 Å². The number of amides is 2. The molecule has 0 saturated heterocycles. The van der Waals surface area contributed by atoms with Gasteiger partial charge in [0.15, 0.2) is 5.78 Å². The van der Waals surface area contributed by atoms with Crippen molar-refractivity contribution in [3.63, 3.8) is 0 Å². The summed E-state index contributed by atoms with van der Waals surface area (Å²) >= 11 is 6.35. The number of esters is 1. The first-order chi connectivity index (χ1) is 13.7. The minimum absolute atomic E-state index is 0.118. The molecule has 8 nitrogen and oxygen atoms in total. The quantitative estimate of drug-likeness (QED) is 0.556. The number of nitrogens with zero attached hydrogens (tertiary/aromatic N) is 1. The topological polar surface area (TPSA) is 102 Å². The molecule has 1 aromatic carbocycles. The van der Waals surface area contributed by atoms with Crippen molar-refractivity contribution in [2.45, 2.75) is 51.1 Å². The fourth-order valence-corrected chi connectivity index (χ4v) is 3.80. The molecule has 29 heavy (non-hydrogen) atoms. The van der Waals surface area contributed by atoms with E-state index in [0.29, 0.717) is 23.4 Å². The van der Waals surface area contributed by atoms with Gasteiger partial charge >= 0.3 is 12.1 Å². The number of Topliss-reactive ketones (excluding diaryl/α,β-unsaturated/α-hetero) is 1. The van der Waals surface area contributed by atoms with Crippen molar-refractivity contribution in [2.24, 2.45) is 0 Å². The van der Waals surface area contributed by atoms with E-state index in [0.717, 1.165) is 12.8 Å². The van der Waals surface area contributed by atoms with Crippen LogP contribution in [0.2, 0.25) is 5.02 Å². The molecule has 1 fully saturated rings. The largest absolute Gasteiger partial charge is 0.426 e. The van der Waals surface area contributed by atoms with Gasteiger partial charge in [-0.1, -0.05) is 29.8 Å². The number of hydrogen-bond acceptors (Lipinski definition) is 6. The van der Waals surface area contributed by atoms with Crippen molar-refractivity contribution in [2.75, 3.05) is 13.8 Å². The first-order valence-electron chi connectivity index (χ1n) is 9.32. The number of hydrogen-bond donors (Lipinski definition) is 1. The van der Waals surface area contributed by atoms with E-state index in [2.05, 4.69) is 5.32 Å². The second kappa shape index (κ2) is 9.73. The molecule has 1 aliphatic rings. The molecule has 0 unspecified atom stereocenters. The van der Waals surface area contributed by atoms with Gasteiger partial charge < -0.3 is 14.8 Å². The molecule has 1 aromatic rings. The summed E-state index contributed by atoms with van der Waals surface area (Å²) in [6.07, 6.45) is 1.41. The molecule has 0 aromatic heterocycles. The smallest absolute Gasteiger partial charge is 0.413 e. The van der Waals surface area contributed by atoms with E-state index in [-0.39, 0.29) is 11.7 Å². The molecule has 0 heterocycles. The van der Waals surface area contributed by atoms with Crippen molar-refractivity contribution < 1.29 is 28.7 Å². The van der Waals surface area contributed by atoms with Crippen LogP contribution in [0.4, 0.5) is 4.79 Å². The average Bonchev–Trinajstić information content (AvgIpc) is 2.67. The Morgan fingerprint density at radius 3 is 2.55 bits per heavy atom. The second-order valence-electron chi connectivity index (χ2n) is 6.94. The molecule has 0 radical (unpaired) electrons. The molecule has 1 N–H and O–H groups in total. The van der Waals surface area contributed by atoms with Gasteiger partial charge in [0.25, 0.3) is 0 Å². The first-order valence-corrected chi connectivity index (χ1v) is 9.70. The predicted molar refractivity (Wildman–Crippen MR) is 105 cm³/mol. The lowest BCUT2D eigenvalue weighted by molar-refractivity contribution is -0.156. The van der Waals surface area contributed by atoms with Crippen molar-refractivity contribution in [1.82, 2.24) is 10.2 Å². The maximum absolute atomic E-state index is 13.0. The highest BCUT2D eigenvalue weighted by atomic mass is 35.5. The lowest BCUT2D eigenvalue weighted by Crippen LogP contribution is -2.54. The Morgan fingerprint density at radius 1 is 1.24 bits per heavy atom. The Labute approximate surface area is 174 Å². The predicted octanol–water partition coefficient (Wildman–Crippen LogP) is 2.77. The zero-order chi connectivity index (χ0) is 21.6. The van der Waals surface area contributed by atoms with E-state index in [1.807, 2.05) is 0 Å². The van der Waals surface area contributed by atoms with Crippen LogP contribution in [0.25, 0.3) is 0 Å². The highest BCUT2D eigenvalue weighted by Crippen LogP contribution is 2.42. The summed E-state index contributed by atoms with van der Waals surface area (Å²) in [5.74, 6) is -1.25. The first kappa shape index (κ1) is 22.7. The number of carbonyl (C=O) groups excluding carboxylic acids is 4. The van der Waals surface area contributed by atoms with Crippen LogP contribution in [-0.4, -0.2) is 48.5 Å². The van der Waals surface area contributed by atoms with Gasteiger partial charge in [0, 0.05) is 31.0 Å². The Kier molecular flexibility index (Phi) is 7.61. The highest BCUT2D eigenvalue weighted by molar-refractivity contribution is 6.31. The molecule has 0 spiro atoms. The maximum Gasteiger partial charge on any atom is 0.413 e. The molecular formula is C20H25ClN2O6. The van der Waals surface area contributed by atoms with Gasteiger partial charge in [-0.15, -0.1) is 0 Å². The van der Waals surface area contributed by atoms with Crippen molar-refractivity contribution in [1.29, 1.82) is 0 Å². The molecule has 1 saturated carbocycles. The summed E-state index contributed by atoms with van der Waals surface area (Å²) < 4.78 is 9.92. The Bertz CT molecular complexity index is 799. The molecule has 158 valence electrons. The van der Waals surface area contributed by atoms with E-state index in [4.69, 9.17) is 21.1 Å². The Morgan fingerprint density at radius 2 is 1.93 bits per heavy atom. The number of ether oxygens (including phenoxy) is 2. The molecule has 0 aliphatic heterocycles. The summed E-state index contributed by atoms with van der Waals surface area (Å²) in [6.45, 7) is 2.08. The third-order valence-electron chi connectivity index (χ3n) is 4.98. The summed E-state index contributed by atoms with van der Waals surface area (Å²) in [7, 11) is 1.47. The van der Waals surface area contributed by atoms with Gasteiger partial charge in [-0.3, -0.25) is 14.5 Å². The Hall–Kier alpha value is -2.61. The number of carbonyl (C=O) groups is 4. The van der Waals surface area contributed by atoms with Gasteiger partial charge in [0.1, 0.15) is 11.6 Å². The second-order valence-corrected chi connectivity index (χ2v) is 7.35. The minimum atomic E-state index is -1.23. The highest BCUT2D eigenvalue weighted by Gasteiger charge is 2.48. The lowest BCUT2D eigenvalue weighted by atomic mass is 9.74. The zero-order valence-electron chi connectivity index (χ0n) is 16.7. The molecular weight excluding hydrogens is 400 g/mol. The van der Waals surface area contributed by atoms with Crippen LogP contribution in [0.3, 0.4) is 0 Å². The summed E-state index contributed by atoms with van der Waals surface area (Å²) in [5, 5.41) is 2.76. The van der Waals surface area contributed by atoms with Gasteiger partial charge in [-0.2, -0.15) is 0 Å². The van der Waals surface area contributed by atoms with Gasteiger partial charge in [-0.05, 0) is 32.3 Å². The van der Waals surface area contributed by atoms with Crippen LogP contribution in [0.1, 0.15) is 45.1 Å². The zero-order valence-corrected chi connectivity index (χ0v) is 17.5. The van der Waals surface area contributed by atoms with Crippen molar-refractivity contribution in [3.8, 4) is 0 Å². The van der Waals surface area contributed by atoms with Gasteiger partial charge in [0.2, 0.25) is 12.7 Å². The minimum Gasteiger partial charge on any atom is -0.426 e. The van der Waals surface area contributed by atoms with Crippen LogP contribution in [0.5, 0.6) is 0 Å². The molecule has 2 rings (SSSR count). The van der Waals surface area contributed by atoms with Crippen LogP contribution in [-0.2, 0) is 29.4 Å². The number of benzene rings is 1. The number of nitrogens with one attached hydrogen (secondary N) is 1. The molecule has 2 atom stereocenters. The van der Waals surface area contributed by atoms with E-state index in [1.54, 1.807) is 24.3 Å².